The molecule has 0 aliphatic rings. The molecule has 0 saturated carbocycles. The Morgan fingerprint density at radius 1 is 0.821 bits per heavy atom. The molecule has 3 aromatic carbocycles. The fraction of sp³-hybridized carbons (Fsp3) is 0.355. The lowest BCUT2D eigenvalue weighted by Gasteiger charge is -2.33. The molecule has 0 unspecified atom stereocenters. The molecule has 3 rings (SSSR count). The smallest absolute Gasteiger partial charge is 0.264 e. The van der Waals surface area contributed by atoms with Crippen molar-refractivity contribution in [1.82, 2.24) is 10.2 Å². The van der Waals surface area contributed by atoms with E-state index in [1.165, 1.54) is 17.0 Å². The molecule has 0 aliphatic heterocycles. The minimum absolute atomic E-state index is 0.0897. The average Bonchev–Trinajstić information content (AvgIpc) is 2.91. The van der Waals surface area contributed by atoms with Crippen molar-refractivity contribution in [3.8, 4) is 0 Å². The first-order valence-corrected chi connectivity index (χ1v) is 14.6. The van der Waals surface area contributed by atoms with Gasteiger partial charge in [-0.15, -0.1) is 0 Å². The quantitative estimate of drug-likeness (QED) is 0.365. The molecular formula is C31H39N3O4S. The summed E-state index contributed by atoms with van der Waals surface area (Å²) in [4.78, 5) is 28.7. The number of rotatable bonds is 11. The van der Waals surface area contributed by atoms with Gasteiger partial charge in [0.2, 0.25) is 11.8 Å². The summed E-state index contributed by atoms with van der Waals surface area (Å²) in [5, 5.41) is 2.91. The number of hydrogen-bond acceptors (Lipinski definition) is 4. The van der Waals surface area contributed by atoms with Crippen LogP contribution in [0.3, 0.4) is 0 Å². The van der Waals surface area contributed by atoms with Gasteiger partial charge < -0.3 is 10.2 Å². The molecule has 8 heteroatoms. The molecule has 1 N–H and O–H groups in total. The van der Waals surface area contributed by atoms with Gasteiger partial charge in [-0.2, -0.15) is 0 Å². The van der Waals surface area contributed by atoms with Gasteiger partial charge in [0.25, 0.3) is 10.0 Å². The van der Waals surface area contributed by atoms with Crippen LogP contribution in [0, 0.1) is 26.7 Å². The van der Waals surface area contributed by atoms with E-state index in [4.69, 9.17) is 0 Å². The first-order valence-electron chi connectivity index (χ1n) is 13.2. The Morgan fingerprint density at radius 3 is 2.08 bits per heavy atom. The van der Waals surface area contributed by atoms with Gasteiger partial charge >= 0.3 is 0 Å². The molecule has 7 nitrogen and oxygen atoms in total. The Kier molecular flexibility index (Phi) is 9.92. The molecule has 2 amide bonds. The van der Waals surface area contributed by atoms with Crippen molar-refractivity contribution in [1.29, 1.82) is 0 Å². The van der Waals surface area contributed by atoms with Crippen molar-refractivity contribution in [2.45, 2.75) is 59.0 Å². The number of carbonyl (C=O) groups is 2. The third-order valence-electron chi connectivity index (χ3n) is 6.91. The van der Waals surface area contributed by atoms with Crippen LogP contribution in [0.2, 0.25) is 0 Å². The summed E-state index contributed by atoms with van der Waals surface area (Å²) in [6.45, 7) is 11.6. The molecule has 0 fully saturated rings. The second-order valence-corrected chi connectivity index (χ2v) is 12.2. The fourth-order valence-electron chi connectivity index (χ4n) is 4.24. The van der Waals surface area contributed by atoms with E-state index < -0.39 is 28.5 Å². The van der Waals surface area contributed by atoms with Crippen LogP contribution in [0.1, 0.15) is 43.0 Å². The molecule has 208 valence electrons. The summed E-state index contributed by atoms with van der Waals surface area (Å²) in [6.07, 6.45) is 0. The average molecular weight is 550 g/mol. The van der Waals surface area contributed by atoms with Crippen molar-refractivity contribution >= 4 is 27.5 Å². The highest BCUT2D eigenvalue weighted by molar-refractivity contribution is 7.92. The first kappa shape index (κ1) is 29.9. The number of sulfonamides is 1. The molecule has 3 aromatic rings. The Balaban J connectivity index is 2.05. The van der Waals surface area contributed by atoms with E-state index in [9.17, 15) is 18.0 Å². The van der Waals surface area contributed by atoms with Crippen LogP contribution in [0.4, 0.5) is 5.69 Å². The number of anilines is 1. The maximum absolute atomic E-state index is 14.0. The summed E-state index contributed by atoms with van der Waals surface area (Å²) >= 11 is 0. The monoisotopic (exact) mass is 549 g/mol. The van der Waals surface area contributed by atoms with Crippen LogP contribution in [0.15, 0.2) is 77.7 Å². The highest BCUT2D eigenvalue weighted by Gasteiger charge is 2.33. The van der Waals surface area contributed by atoms with Gasteiger partial charge in [0, 0.05) is 13.1 Å². The van der Waals surface area contributed by atoms with Gasteiger partial charge in [0.15, 0.2) is 0 Å². The van der Waals surface area contributed by atoms with Crippen LogP contribution >= 0.6 is 0 Å². The SMILES string of the molecule is Cc1ccccc1CN(C(=O)CN(c1cccc(C)c1C)S(=O)(=O)c1ccccc1)[C@@H](C)C(=O)NCC(C)C. The number of nitrogens with one attached hydrogen (secondary N) is 1. The van der Waals surface area contributed by atoms with Crippen molar-refractivity contribution in [3.63, 3.8) is 0 Å². The minimum Gasteiger partial charge on any atom is -0.354 e. The number of hydrogen-bond donors (Lipinski definition) is 1. The summed E-state index contributed by atoms with van der Waals surface area (Å²) in [7, 11) is -4.09. The fourth-order valence-corrected chi connectivity index (χ4v) is 5.74. The zero-order valence-corrected chi connectivity index (χ0v) is 24.5. The Labute approximate surface area is 232 Å². The van der Waals surface area contributed by atoms with E-state index in [2.05, 4.69) is 5.32 Å². The van der Waals surface area contributed by atoms with Crippen LogP contribution < -0.4 is 9.62 Å². The molecule has 0 aliphatic carbocycles. The minimum atomic E-state index is -4.09. The molecule has 1 atom stereocenters. The maximum Gasteiger partial charge on any atom is 0.264 e. The standard InChI is InChI=1S/C31H39N3O4S/c1-22(2)19-32-31(36)26(6)33(20-27-15-11-10-13-24(27)4)30(35)21-34(29-18-12-14-23(3)25(29)5)39(37,38)28-16-8-7-9-17-28/h7-18,22,26H,19-21H2,1-6H3,(H,32,36)/t26-/m0/s1. The van der Waals surface area contributed by atoms with Crippen LogP contribution in [0.25, 0.3) is 0 Å². The highest BCUT2D eigenvalue weighted by atomic mass is 32.2. The van der Waals surface area contributed by atoms with Gasteiger partial charge in [0.1, 0.15) is 12.6 Å². The molecule has 0 aromatic heterocycles. The first-order chi connectivity index (χ1) is 18.4. The zero-order valence-electron chi connectivity index (χ0n) is 23.6. The molecule has 0 bridgehead atoms. The van der Waals surface area contributed by atoms with E-state index in [0.29, 0.717) is 12.2 Å². The maximum atomic E-state index is 14.0. The van der Waals surface area contributed by atoms with Crippen molar-refractivity contribution < 1.29 is 18.0 Å². The molecule has 0 spiro atoms. The van der Waals surface area contributed by atoms with Gasteiger partial charge in [-0.25, -0.2) is 8.42 Å². The van der Waals surface area contributed by atoms with Crippen LogP contribution in [-0.2, 0) is 26.2 Å². The van der Waals surface area contributed by atoms with E-state index >= 15 is 0 Å². The third-order valence-corrected chi connectivity index (χ3v) is 8.68. The van der Waals surface area contributed by atoms with Gasteiger partial charge in [0.05, 0.1) is 10.6 Å². The van der Waals surface area contributed by atoms with Crippen molar-refractivity contribution in [2.75, 3.05) is 17.4 Å². The lowest BCUT2D eigenvalue weighted by molar-refractivity contribution is -0.139. The number of carbonyl (C=O) groups excluding carboxylic acids is 2. The van der Waals surface area contributed by atoms with Crippen molar-refractivity contribution in [2.24, 2.45) is 5.92 Å². The number of aryl methyl sites for hydroxylation is 2. The summed E-state index contributed by atoms with van der Waals surface area (Å²) in [6, 6.07) is 20.3. The second kappa shape index (κ2) is 12.9. The van der Waals surface area contributed by atoms with E-state index in [1.54, 1.807) is 37.3 Å². The Bertz CT molecular complexity index is 1400. The Morgan fingerprint density at radius 2 is 1.44 bits per heavy atom. The molecular weight excluding hydrogens is 510 g/mol. The predicted molar refractivity (Wildman–Crippen MR) is 156 cm³/mol. The van der Waals surface area contributed by atoms with Gasteiger partial charge in [-0.05, 0) is 74.1 Å². The molecule has 0 radical (unpaired) electrons. The topological polar surface area (TPSA) is 86.8 Å². The summed E-state index contributed by atoms with van der Waals surface area (Å²) < 4.78 is 29.0. The van der Waals surface area contributed by atoms with E-state index in [1.807, 2.05) is 65.0 Å². The van der Waals surface area contributed by atoms with Gasteiger partial charge in [-0.1, -0.05) is 68.4 Å². The molecule has 0 heterocycles. The zero-order chi connectivity index (χ0) is 28.7. The van der Waals surface area contributed by atoms with Crippen LogP contribution in [-0.4, -0.2) is 44.3 Å². The number of benzene rings is 3. The lowest BCUT2D eigenvalue weighted by Crippen LogP contribution is -2.51. The van der Waals surface area contributed by atoms with E-state index in [0.717, 1.165) is 26.6 Å². The van der Waals surface area contributed by atoms with Crippen LogP contribution in [0.5, 0.6) is 0 Å². The molecule has 0 saturated heterocycles. The Hall–Kier alpha value is -3.65. The third kappa shape index (κ3) is 7.26. The summed E-state index contributed by atoms with van der Waals surface area (Å²) in [5.41, 5.74) is 3.97. The highest BCUT2D eigenvalue weighted by Crippen LogP contribution is 2.29. The number of nitrogens with zero attached hydrogens (tertiary/aromatic N) is 2. The molecule has 39 heavy (non-hydrogen) atoms. The van der Waals surface area contributed by atoms with Crippen molar-refractivity contribution in [3.05, 3.63) is 95.1 Å². The van der Waals surface area contributed by atoms with Gasteiger partial charge in [-0.3, -0.25) is 13.9 Å². The van der Waals surface area contributed by atoms with E-state index in [-0.39, 0.29) is 23.3 Å². The largest absolute Gasteiger partial charge is 0.354 e. The summed E-state index contributed by atoms with van der Waals surface area (Å²) in [5.74, 6) is -0.502. The normalized spacial score (nSPS) is 12.2. The number of amides is 2. The predicted octanol–water partition coefficient (Wildman–Crippen LogP) is 5.00. The lowest BCUT2D eigenvalue weighted by atomic mass is 10.1. The second-order valence-electron chi connectivity index (χ2n) is 10.3.